The molecule has 2 aliphatic heterocycles. The Morgan fingerprint density at radius 3 is 2.08 bits per heavy atom. The fraction of sp³-hybridized carbons (Fsp3) is 0.344. The number of fused-ring (bicyclic) bond motifs is 5. The van der Waals surface area contributed by atoms with Gasteiger partial charge in [0.2, 0.25) is 0 Å². The number of nitrogens with zero attached hydrogens (tertiary/aromatic N) is 2. The number of nitrogens with one attached hydrogen (secondary N) is 1. The van der Waals surface area contributed by atoms with Gasteiger partial charge in [-0.2, -0.15) is 5.26 Å². The second kappa shape index (κ2) is 10.5. The molecular weight excluding hydrogens is 490 g/mol. The zero-order valence-corrected chi connectivity index (χ0v) is 21.7. The van der Waals surface area contributed by atoms with Crippen LogP contribution in [0.3, 0.4) is 0 Å². The number of carbonyl (C=O) groups excluding carboxylic acids is 2. The number of hydrogen-bond acceptors (Lipinski definition) is 5. The Labute approximate surface area is 228 Å². The Balaban J connectivity index is 1.12. The summed E-state index contributed by atoms with van der Waals surface area (Å²) in [5, 5.41) is 13.0. The third-order valence-corrected chi connectivity index (χ3v) is 8.34. The van der Waals surface area contributed by atoms with Crippen molar-refractivity contribution in [2.75, 3.05) is 6.61 Å². The zero-order valence-electron chi connectivity index (χ0n) is 21.7. The quantitative estimate of drug-likeness (QED) is 0.435. The molecule has 2 fully saturated rings. The maximum absolute atomic E-state index is 13.5. The largest absolute Gasteiger partial charge is 0.448 e. The first-order chi connectivity index (χ1) is 19.1. The number of rotatable bonds is 5. The third kappa shape index (κ3) is 4.83. The van der Waals surface area contributed by atoms with E-state index in [4.69, 9.17) is 9.47 Å². The lowest BCUT2D eigenvalue weighted by atomic mass is 9.74. The summed E-state index contributed by atoms with van der Waals surface area (Å²) in [4.78, 5) is 27.9. The van der Waals surface area contributed by atoms with Gasteiger partial charge >= 0.3 is 12.2 Å². The lowest BCUT2D eigenvalue weighted by molar-refractivity contribution is 0.000567. The van der Waals surface area contributed by atoms with Crippen LogP contribution in [0.15, 0.2) is 78.9 Å². The topological polar surface area (TPSA) is 91.7 Å². The molecule has 0 radical (unpaired) electrons. The van der Waals surface area contributed by atoms with Crippen LogP contribution < -0.4 is 5.32 Å². The second-order valence-corrected chi connectivity index (χ2v) is 10.7. The van der Waals surface area contributed by atoms with Crippen LogP contribution in [0, 0.1) is 11.3 Å². The first-order valence-corrected chi connectivity index (χ1v) is 13.6. The summed E-state index contributed by atoms with van der Waals surface area (Å²) in [7, 11) is 0. The van der Waals surface area contributed by atoms with E-state index in [1.165, 1.54) is 22.3 Å². The van der Waals surface area contributed by atoms with Gasteiger partial charge in [-0.05, 0) is 47.1 Å². The molecule has 2 heterocycles. The van der Waals surface area contributed by atoms with Crippen molar-refractivity contribution in [1.29, 1.82) is 5.26 Å². The number of nitriles is 1. The summed E-state index contributed by atoms with van der Waals surface area (Å²) in [6.07, 6.45) is 2.26. The number of hydrogen-bond donors (Lipinski definition) is 1. The Hall–Kier alpha value is -4.31. The van der Waals surface area contributed by atoms with Crippen molar-refractivity contribution in [3.05, 3.63) is 95.6 Å². The summed E-state index contributed by atoms with van der Waals surface area (Å²) in [6, 6.07) is 28.0. The van der Waals surface area contributed by atoms with E-state index in [1.54, 1.807) is 0 Å². The molecule has 0 aromatic heterocycles. The molecule has 6 rings (SSSR count). The summed E-state index contributed by atoms with van der Waals surface area (Å²) >= 11 is 0. The molecule has 3 aliphatic rings. The van der Waals surface area contributed by atoms with E-state index < -0.39 is 11.6 Å². The Kier molecular flexibility index (Phi) is 6.70. The standard InChI is InChI=1S/C32H31N3O4/c33-21-32(34-30(36)38-19-22-9-2-1-3-10-22)17-23-11-8-12-24(18-32)35(23)31(37)39-20-29-27-15-6-4-13-25(27)26-14-5-7-16-28(26)29/h1-7,9-10,13-16,23-24,29H,8,11-12,17-20H2,(H,34,36). The van der Waals surface area contributed by atoms with Crippen LogP contribution in [0.5, 0.6) is 0 Å². The Morgan fingerprint density at radius 1 is 0.872 bits per heavy atom. The number of carbonyl (C=O) groups is 2. The van der Waals surface area contributed by atoms with Crippen molar-refractivity contribution in [3.8, 4) is 17.2 Å². The molecule has 1 N–H and O–H groups in total. The minimum absolute atomic E-state index is 0.00904. The number of piperidine rings is 2. The molecule has 0 spiro atoms. The van der Waals surface area contributed by atoms with Crippen LogP contribution >= 0.6 is 0 Å². The molecule has 2 bridgehead atoms. The summed E-state index contributed by atoms with van der Waals surface area (Å²) in [6.45, 7) is 0.392. The lowest BCUT2D eigenvalue weighted by Crippen LogP contribution is -2.64. The fourth-order valence-corrected chi connectivity index (χ4v) is 6.60. The van der Waals surface area contributed by atoms with Gasteiger partial charge in [-0.3, -0.25) is 0 Å². The van der Waals surface area contributed by atoms with E-state index in [9.17, 15) is 14.9 Å². The third-order valence-electron chi connectivity index (χ3n) is 8.34. The predicted molar refractivity (Wildman–Crippen MR) is 146 cm³/mol. The fourth-order valence-electron chi connectivity index (χ4n) is 6.60. The van der Waals surface area contributed by atoms with E-state index >= 15 is 0 Å². The van der Waals surface area contributed by atoms with Gasteiger partial charge in [0.1, 0.15) is 18.8 Å². The van der Waals surface area contributed by atoms with Gasteiger partial charge in [0, 0.05) is 30.8 Å². The average Bonchev–Trinajstić information content (AvgIpc) is 3.28. The van der Waals surface area contributed by atoms with Crippen LogP contribution in [0.2, 0.25) is 0 Å². The SMILES string of the molecule is N#CC1(NC(=O)OCc2ccccc2)CC2CCCC(C1)N2C(=O)OCC1c2ccccc2-c2ccccc21. The Morgan fingerprint density at radius 2 is 1.46 bits per heavy atom. The van der Waals surface area contributed by atoms with Crippen molar-refractivity contribution in [1.82, 2.24) is 10.2 Å². The summed E-state index contributed by atoms with van der Waals surface area (Å²) in [5.74, 6) is -0.00904. The van der Waals surface area contributed by atoms with Gasteiger partial charge in [-0.25, -0.2) is 9.59 Å². The van der Waals surface area contributed by atoms with Crippen LogP contribution in [-0.4, -0.2) is 41.3 Å². The van der Waals surface area contributed by atoms with Gasteiger partial charge in [-0.1, -0.05) is 78.9 Å². The van der Waals surface area contributed by atoms with Gasteiger partial charge in [0.15, 0.2) is 0 Å². The number of alkyl carbamates (subject to hydrolysis) is 1. The number of ether oxygens (including phenoxy) is 2. The first-order valence-electron chi connectivity index (χ1n) is 13.6. The van der Waals surface area contributed by atoms with Crippen LogP contribution in [-0.2, 0) is 16.1 Å². The van der Waals surface area contributed by atoms with Gasteiger partial charge in [0.05, 0.1) is 6.07 Å². The van der Waals surface area contributed by atoms with E-state index in [0.29, 0.717) is 12.8 Å². The van der Waals surface area contributed by atoms with Crippen LogP contribution in [0.1, 0.15) is 54.7 Å². The molecule has 2 atom stereocenters. The van der Waals surface area contributed by atoms with Crippen molar-refractivity contribution in [2.45, 2.75) is 62.3 Å². The van der Waals surface area contributed by atoms with Gasteiger partial charge in [-0.15, -0.1) is 0 Å². The molecular formula is C32H31N3O4. The van der Waals surface area contributed by atoms with Gasteiger partial charge < -0.3 is 19.7 Å². The van der Waals surface area contributed by atoms with Crippen molar-refractivity contribution in [3.63, 3.8) is 0 Å². The van der Waals surface area contributed by atoms with E-state index in [1.807, 2.05) is 59.5 Å². The molecule has 39 heavy (non-hydrogen) atoms. The predicted octanol–water partition coefficient (Wildman–Crippen LogP) is 6.14. The highest BCUT2D eigenvalue weighted by molar-refractivity contribution is 5.79. The number of amides is 2. The normalized spacial score (nSPS) is 23.2. The maximum Gasteiger partial charge on any atom is 0.410 e. The molecule has 0 saturated carbocycles. The molecule has 7 nitrogen and oxygen atoms in total. The molecule has 1 aliphatic carbocycles. The first kappa shape index (κ1) is 25.0. The second-order valence-electron chi connectivity index (χ2n) is 10.7. The maximum atomic E-state index is 13.5. The highest BCUT2D eigenvalue weighted by Crippen LogP contribution is 2.45. The Bertz CT molecular complexity index is 1360. The molecule has 3 aromatic rings. The molecule has 2 saturated heterocycles. The van der Waals surface area contributed by atoms with Crippen LogP contribution in [0.4, 0.5) is 9.59 Å². The smallest absolute Gasteiger partial charge is 0.410 e. The molecule has 2 amide bonds. The van der Waals surface area contributed by atoms with Crippen molar-refractivity contribution < 1.29 is 19.1 Å². The summed E-state index contributed by atoms with van der Waals surface area (Å²) in [5.41, 5.74) is 4.52. The van der Waals surface area contributed by atoms with Crippen LogP contribution in [0.25, 0.3) is 11.1 Å². The minimum Gasteiger partial charge on any atom is -0.448 e. The van der Waals surface area contributed by atoms with E-state index in [0.717, 1.165) is 24.8 Å². The van der Waals surface area contributed by atoms with E-state index in [2.05, 4.69) is 35.7 Å². The van der Waals surface area contributed by atoms with Crippen molar-refractivity contribution >= 4 is 12.2 Å². The minimum atomic E-state index is -1.08. The highest BCUT2D eigenvalue weighted by Gasteiger charge is 2.50. The summed E-state index contributed by atoms with van der Waals surface area (Å²) < 4.78 is 11.4. The van der Waals surface area contributed by atoms with Crippen molar-refractivity contribution in [2.24, 2.45) is 0 Å². The molecule has 3 aromatic carbocycles. The number of benzene rings is 3. The highest BCUT2D eigenvalue weighted by atomic mass is 16.6. The molecule has 7 heteroatoms. The molecule has 2 unspecified atom stereocenters. The van der Waals surface area contributed by atoms with Gasteiger partial charge in [0.25, 0.3) is 0 Å². The monoisotopic (exact) mass is 521 g/mol. The van der Waals surface area contributed by atoms with E-state index in [-0.39, 0.29) is 37.3 Å². The average molecular weight is 522 g/mol. The zero-order chi connectivity index (χ0) is 26.8. The lowest BCUT2D eigenvalue weighted by Gasteiger charge is -2.50. The molecule has 198 valence electrons.